The summed E-state index contributed by atoms with van der Waals surface area (Å²) in [6.45, 7) is 4.25. The number of carbonyl (C=O) groups excluding carboxylic acids is 1. The maximum absolute atomic E-state index is 11.7. The van der Waals surface area contributed by atoms with Gasteiger partial charge in [0.05, 0.1) is 0 Å². The molecule has 1 rings (SSSR count). The fourth-order valence-electron chi connectivity index (χ4n) is 2.04. The molecule has 2 N–H and O–H groups in total. The van der Waals surface area contributed by atoms with Crippen LogP contribution in [0.1, 0.15) is 32.6 Å². The van der Waals surface area contributed by atoms with Crippen molar-refractivity contribution in [2.45, 2.75) is 38.6 Å². The number of amides is 1. The van der Waals surface area contributed by atoms with E-state index in [2.05, 4.69) is 23.8 Å². The lowest BCUT2D eigenvalue weighted by Crippen LogP contribution is -2.48. The van der Waals surface area contributed by atoms with Crippen molar-refractivity contribution in [3.05, 3.63) is 0 Å². The fourth-order valence-corrected chi connectivity index (χ4v) is 2.53. The first kappa shape index (κ1) is 17.1. The summed E-state index contributed by atoms with van der Waals surface area (Å²) < 4.78 is 0. The van der Waals surface area contributed by atoms with Crippen molar-refractivity contribution in [1.29, 1.82) is 0 Å². The number of carbonyl (C=O) groups is 1. The quantitative estimate of drug-likeness (QED) is 0.732. The number of hydrogen-bond donors (Lipinski definition) is 2. The van der Waals surface area contributed by atoms with Crippen molar-refractivity contribution < 1.29 is 4.79 Å². The van der Waals surface area contributed by atoms with Crippen LogP contribution in [0.4, 0.5) is 0 Å². The molecule has 17 heavy (non-hydrogen) atoms. The highest BCUT2D eigenvalue weighted by Crippen LogP contribution is 2.11. The molecule has 0 saturated carbocycles. The Morgan fingerprint density at radius 1 is 1.47 bits per heavy atom. The Morgan fingerprint density at radius 2 is 2.24 bits per heavy atom. The predicted molar refractivity (Wildman–Crippen MR) is 78.1 cm³/mol. The molecule has 5 heteroatoms. The van der Waals surface area contributed by atoms with Gasteiger partial charge in [0.15, 0.2) is 0 Å². The Balaban J connectivity index is 0.00000256. The van der Waals surface area contributed by atoms with Crippen LogP contribution in [0.25, 0.3) is 0 Å². The molecule has 0 radical (unpaired) electrons. The number of thioether (sulfide) groups is 1. The Bertz CT molecular complexity index is 217. The van der Waals surface area contributed by atoms with Gasteiger partial charge in [0.2, 0.25) is 5.91 Å². The van der Waals surface area contributed by atoms with Crippen molar-refractivity contribution in [1.82, 2.24) is 10.6 Å². The highest BCUT2D eigenvalue weighted by Gasteiger charge is 2.21. The van der Waals surface area contributed by atoms with Gasteiger partial charge in [0, 0.05) is 12.5 Å². The minimum atomic E-state index is 0. The van der Waals surface area contributed by atoms with Crippen molar-refractivity contribution in [3.8, 4) is 0 Å². The molecule has 0 aromatic rings. The molecule has 0 bridgehead atoms. The third-order valence-corrected chi connectivity index (χ3v) is 3.83. The second kappa shape index (κ2) is 10.0. The monoisotopic (exact) mass is 280 g/mol. The summed E-state index contributed by atoms with van der Waals surface area (Å²) in [5.41, 5.74) is 0. The van der Waals surface area contributed by atoms with Crippen LogP contribution < -0.4 is 10.6 Å². The van der Waals surface area contributed by atoms with E-state index in [4.69, 9.17) is 0 Å². The standard InChI is InChI=1S/C12H24N2OS.ClH/c1-10-9-13-7-6-11(10)14-12(15)5-3-4-8-16-2;/h10-11,13H,3-9H2,1-2H3,(H,14,15);1H. The molecular formula is C12H25ClN2OS. The van der Waals surface area contributed by atoms with Gasteiger partial charge in [-0.1, -0.05) is 6.92 Å². The first-order valence-corrected chi connectivity index (χ1v) is 7.62. The SMILES string of the molecule is CSCCCCC(=O)NC1CCNCC1C.Cl. The van der Waals surface area contributed by atoms with Gasteiger partial charge < -0.3 is 10.6 Å². The van der Waals surface area contributed by atoms with Crippen molar-refractivity contribution >= 4 is 30.1 Å². The van der Waals surface area contributed by atoms with Crippen LogP contribution >= 0.6 is 24.2 Å². The maximum atomic E-state index is 11.7. The molecule has 1 aliphatic rings. The summed E-state index contributed by atoms with van der Waals surface area (Å²) in [7, 11) is 0. The van der Waals surface area contributed by atoms with E-state index in [1.165, 1.54) is 0 Å². The molecule has 1 saturated heterocycles. The van der Waals surface area contributed by atoms with Crippen LogP contribution in [-0.4, -0.2) is 37.0 Å². The topological polar surface area (TPSA) is 41.1 Å². The van der Waals surface area contributed by atoms with E-state index in [0.717, 1.165) is 38.1 Å². The summed E-state index contributed by atoms with van der Waals surface area (Å²) >= 11 is 1.85. The summed E-state index contributed by atoms with van der Waals surface area (Å²) in [5, 5.41) is 6.50. The average Bonchev–Trinajstić information content (AvgIpc) is 2.28. The van der Waals surface area contributed by atoms with E-state index in [1.807, 2.05) is 11.8 Å². The molecule has 0 spiro atoms. The molecule has 102 valence electrons. The van der Waals surface area contributed by atoms with Crippen LogP contribution in [0, 0.1) is 5.92 Å². The van der Waals surface area contributed by atoms with Crippen LogP contribution in [0.3, 0.4) is 0 Å². The van der Waals surface area contributed by atoms with Crippen LogP contribution in [-0.2, 0) is 4.79 Å². The van der Waals surface area contributed by atoms with Gasteiger partial charge >= 0.3 is 0 Å². The Kier molecular flexibility index (Phi) is 10.1. The highest BCUT2D eigenvalue weighted by atomic mass is 35.5. The largest absolute Gasteiger partial charge is 0.353 e. The number of hydrogen-bond acceptors (Lipinski definition) is 3. The van der Waals surface area contributed by atoms with Gasteiger partial charge in [0.1, 0.15) is 0 Å². The molecule has 1 fully saturated rings. The van der Waals surface area contributed by atoms with E-state index >= 15 is 0 Å². The average molecular weight is 281 g/mol. The molecule has 0 aromatic carbocycles. The first-order valence-electron chi connectivity index (χ1n) is 6.23. The zero-order valence-corrected chi connectivity index (χ0v) is 12.5. The summed E-state index contributed by atoms with van der Waals surface area (Å²) in [6, 6.07) is 0.384. The summed E-state index contributed by atoms with van der Waals surface area (Å²) in [6.07, 6.45) is 6.04. The van der Waals surface area contributed by atoms with Gasteiger partial charge in [-0.05, 0) is 50.3 Å². The summed E-state index contributed by atoms with van der Waals surface area (Å²) in [5.74, 6) is 1.96. The van der Waals surface area contributed by atoms with E-state index in [0.29, 0.717) is 18.4 Å². The molecule has 0 aromatic heterocycles. The summed E-state index contributed by atoms with van der Waals surface area (Å²) in [4.78, 5) is 11.7. The Hall–Kier alpha value is 0.0700. The lowest BCUT2D eigenvalue weighted by molar-refractivity contribution is -0.122. The molecule has 1 amide bonds. The number of piperidine rings is 1. The molecule has 2 atom stereocenters. The first-order chi connectivity index (χ1) is 7.74. The zero-order valence-electron chi connectivity index (χ0n) is 10.8. The maximum Gasteiger partial charge on any atom is 0.220 e. The molecule has 1 heterocycles. The van der Waals surface area contributed by atoms with E-state index in [9.17, 15) is 4.79 Å². The third-order valence-electron chi connectivity index (χ3n) is 3.13. The minimum Gasteiger partial charge on any atom is -0.353 e. The molecular weight excluding hydrogens is 256 g/mol. The second-order valence-electron chi connectivity index (χ2n) is 4.59. The normalized spacial score (nSPS) is 23.9. The van der Waals surface area contributed by atoms with Crippen LogP contribution in [0.15, 0.2) is 0 Å². The predicted octanol–water partition coefficient (Wildman–Crippen LogP) is 2.06. The van der Waals surface area contributed by atoms with E-state index < -0.39 is 0 Å². The van der Waals surface area contributed by atoms with Crippen LogP contribution in [0.2, 0.25) is 0 Å². The molecule has 2 unspecified atom stereocenters. The van der Waals surface area contributed by atoms with E-state index in [1.54, 1.807) is 0 Å². The lowest BCUT2D eigenvalue weighted by Gasteiger charge is -2.30. The number of halogens is 1. The number of rotatable bonds is 6. The van der Waals surface area contributed by atoms with Gasteiger partial charge in [-0.25, -0.2) is 0 Å². The molecule has 0 aliphatic carbocycles. The Labute approximate surface area is 115 Å². The van der Waals surface area contributed by atoms with Crippen LogP contribution in [0.5, 0.6) is 0 Å². The smallest absolute Gasteiger partial charge is 0.220 e. The van der Waals surface area contributed by atoms with Crippen molar-refractivity contribution in [2.75, 3.05) is 25.1 Å². The molecule has 1 aliphatic heterocycles. The fraction of sp³-hybridized carbons (Fsp3) is 0.917. The number of unbranched alkanes of at least 4 members (excludes halogenated alkanes) is 1. The van der Waals surface area contributed by atoms with Gasteiger partial charge in [-0.15, -0.1) is 12.4 Å². The van der Waals surface area contributed by atoms with Crippen molar-refractivity contribution in [3.63, 3.8) is 0 Å². The highest BCUT2D eigenvalue weighted by molar-refractivity contribution is 7.98. The zero-order chi connectivity index (χ0) is 11.8. The van der Waals surface area contributed by atoms with Gasteiger partial charge in [-0.3, -0.25) is 4.79 Å². The van der Waals surface area contributed by atoms with Crippen molar-refractivity contribution in [2.24, 2.45) is 5.92 Å². The van der Waals surface area contributed by atoms with Gasteiger partial charge in [-0.2, -0.15) is 11.8 Å². The Morgan fingerprint density at radius 3 is 2.88 bits per heavy atom. The third kappa shape index (κ3) is 7.17. The second-order valence-corrected chi connectivity index (χ2v) is 5.58. The molecule has 3 nitrogen and oxygen atoms in total. The van der Waals surface area contributed by atoms with E-state index in [-0.39, 0.29) is 18.3 Å². The lowest BCUT2D eigenvalue weighted by atomic mass is 9.95. The number of nitrogens with one attached hydrogen (secondary N) is 2. The minimum absolute atomic E-state index is 0. The van der Waals surface area contributed by atoms with Gasteiger partial charge in [0.25, 0.3) is 0 Å².